The third-order valence-corrected chi connectivity index (χ3v) is 6.07. The van der Waals surface area contributed by atoms with Crippen molar-refractivity contribution < 1.29 is 51.0 Å². The first kappa shape index (κ1) is 22.0. The molecular weight excluding hydrogens is 388 g/mol. The zero-order valence-corrected chi connectivity index (χ0v) is 14.4. The SMILES string of the molecule is O=P(O)(O)C(C(=NO)[c-]1cccc1)P(=O)(O)O.[Fe+2].c1cc[cH-]c1. The van der Waals surface area contributed by atoms with Gasteiger partial charge in [0.2, 0.25) is 0 Å². The van der Waals surface area contributed by atoms with Crippen molar-refractivity contribution >= 4 is 20.9 Å². The molecule has 0 atom stereocenters. The van der Waals surface area contributed by atoms with E-state index in [4.69, 9.17) is 24.8 Å². The second-order valence-corrected chi connectivity index (χ2v) is 7.97. The van der Waals surface area contributed by atoms with Crippen LogP contribution in [0.4, 0.5) is 0 Å². The third-order valence-electron chi connectivity index (χ3n) is 2.50. The molecule has 0 aliphatic rings. The van der Waals surface area contributed by atoms with Gasteiger partial charge in [-0.15, -0.1) is 10.7 Å². The molecule has 0 spiro atoms. The van der Waals surface area contributed by atoms with E-state index in [1.807, 2.05) is 30.3 Å². The molecule has 0 aromatic heterocycles. The molecule has 8 nitrogen and oxygen atoms in total. The van der Waals surface area contributed by atoms with Crippen LogP contribution in [0.1, 0.15) is 5.56 Å². The average molecular weight is 403 g/mol. The zero-order valence-electron chi connectivity index (χ0n) is 11.5. The Hall–Kier alpha value is -1.01. The summed E-state index contributed by atoms with van der Waals surface area (Å²) in [4.78, 5) is 35.8. The van der Waals surface area contributed by atoms with Crippen LogP contribution in [0.15, 0.2) is 59.8 Å². The van der Waals surface area contributed by atoms with Crippen LogP contribution >= 0.6 is 15.2 Å². The molecule has 0 heterocycles. The Morgan fingerprint density at radius 1 is 0.957 bits per heavy atom. The molecule has 0 saturated heterocycles. The van der Waals surface area contributed by atoms with E-state index in [9.17, 15) is 9.13 Å². The molecule has 23 heavy (non-hydrogen) atoms. The Kier molecular flexibility index (Phi) is 8.92. The molecule has 0 aliphatic carbocycles. The van der Waals surface area contributed by atoms with Crippen molar-refractivity contribution in [2.24, 2.45) is 5.16 Å². The quantitative estimate of drug-likeness (QED) is 0.130. The van der Waals surface area contributed by atoms with Crippen LogP contribution in [-0.4, -0.2) is 35.9 Å². The molecule has 0 radical (unpaired) electrons. The van der Waals surface area contributed by atoms with Crippen molar-refractivity contribution in [3.8, 4) is 0 Å². The van der Waals surface area contributed by atoms with E-state index in [2.05, 4.69) is 5.16 Å². The van der Waals surface area contributed by atoms with E-state index >= 15 is 0 Å². The maximum atomic E-state index is 11.1. The summed E-state index contributed by atoms with van der Waals surface area (Å²) in [5.41, 5.74) is -0.708. The molecule has 11 heteroatoms. The Labute approximate surface area is 143 Å². The number of oxime groups is 1. The first-order valence-corrected chi connectivity index (χ1v) is 9.25. The van der Waals surface area contributed by atoms with Gasteiger partial charge in [-0.3, -0.25) is 9.13 Å². The van der Waals surface area contributed by atoms with Crippen molar-refractivity contribution in [3.05, 3.63) is 60.2 Å². The van der Waals surface area contributed by atoms with E-state index in [0.717, 1.165) is 0 Å². The standard InChI is InChI=1S/C7H10NO7P2.C5H5.Fe/c9-8-6(5-3-1-2-4-5)7(16(10,11)12)17(13,14)15;1-2-4-5-3-1;/h1-4,7,9H,(H2,10,11,12)(H2,13,14,15);1-5H;/q2*-1;+2. The summed E-state index contributed by atoms with van der Waals surface area (Å²) in [6, 6.07) is 15.6. The maximum absolute atomic E-state index is 11.1. The first-order valence-electron chi connectivity index (χ1n) is 5.89. The van der Waals surface area contributed by atoms with Crippen LogP contribution in [0.3, 0.4) is 0 Å². The molecule has 5 N–H and O–H groups in total. The van der Waals surface area contributed by atoms with Crippen LogP contribution in [0.2, 0.25) is 0 Å². The topological polar surface area (TPSA) is 148 Å². The predicted octanol–water partition coefficient (Wildman–Crippen LogP) is 1.67. The van der Waals surface area contributed by atoms with Gasteiger partial charge in [0.1, 0.15) is 0 Å². The van der Waals surface area contributed by atoms with Crippen LogP contribution in [0.25, 0.3) is 0 Å². The van der Waals surface area contributed by atoms with E-state index in [1.165, 1.54) is 24.3 Å². The summed E-state index contributed by atoms with van der Waals surface area (Å²) in [5.74, 6) is 0. The van der Waals surface area contributed by atoms with Crippen molar-refractivity contribution in [1.29, 1.82) is 0 Å². The van der Waals surface area contributed by atoms with E-state index in [1.54, 1.807) is 0 Å². The maximum Gasteiger partial charge on any atom is 2.00 e. The van der Waals surface area contributed by atoms with E-state index in [0.29, 0.717) is 0 Å². The van der Waals surface area contributed by atoms with Crippen molar-refractivity contribution in [2.45, 2.75) is 5.40 Å². The smallest absolute Gasteiger partial charge is 0.411 e. The summed E-state index contributed by atoms with van der Waals surface area (Å²) in [5, 5.41) is 8.82. The molecular formula is C12H15FeNO7P2. The van der Waals surface area contributed by atoms with E-state index < -0.39 is 26.3 Å². The van der Waals surface area contributed by atoms with Crippen LogP contribution < -0.4 is 0 Å². The molecule has 0 bridgehead atoms. The number of hydrogen-bond acceptors (Lipinski definition) is 4. The monoisotopic (exact) mass is 403 g/mol. The largest absolute Gasteiger partial charge is 2.00 e. The van der Waals surface area contributed by atoms with Gasteiger partial charge in [-0.1, -0.05) is 0 Å². The van der Waals surface area contributed by atoms with Gasteiger partial charge < -0.3 is 24.8 Å². The Morgan fingerprint density at radius 2 is 1.39 bits per heavy atom. The Balaban J connectivity index is 0.000000684. The molecule has 128 valence electrons. The second-order valence-electron chi connectivity index (χ2n) is 4.17. The first-order chi connectivity index (χ1) is 10.2. The summed E-state index contributed by atoms with van der Waals surface area (Å²) < 4.78 is 22.2. The van der Waals surface area contributed by atoms with E-state index in [-0.39, 0.29) is 22.6 Å². The number of rotatable bonds is 4. The van der Waals surface area contributed by atoms with Crippen molar-refractivity contribution in [1.82, 2.24) is 0 Å². The van der Waals surface area contributed by atoms with Crippen molar-refractivity contribution in [3.63, 3.8) is 0 Å². The Bertz CT molecular complexity index is 633. The second kappa shape index (κ2) is 9.33. The summed E-state index contributed by atoms with van der Waals surface area (Å²) >= 11 is 0. The molecule has 0 unspecified atom stereocenters. The van der Waals surface area contributed by atoms with Gasteiger partial charge in [-0.25, -0.2) is 24.3 Å². The van der Waals surface area contributed by atoms with Crippen LogP contribution in [0.5, 0.6) is 0 Å². The molecule has 2 aromatic carbocycles. The fourth-order valence-electron chi connectivity index (χ4n) is 1.64. The van der Waals surface area contributed by atoms with Gasteiger partial charge in [0, 0.05) is 0 Å². The Morgan fingerprint density at radius 3 is 1.65 bits per heavy atom. The van der Waals surface area contributed by atoms with Crippen LogP contribution in [0, 0.1) is 0 Å². The van der Waals surface area contributed by atoms with Gasteiger partial charge in [-0.2, -0.15) is 30.3 Å². The fourth-order valence-corrected chi connectivity index (χ4v) is 4.24. The molecule has 2 rings (SSSR count). The number of nitrogens with zero attached hydrogens (tertiary/aromatic N) is 1. The van der Waals surface area contributed by atoms with Gasteiger partial charge in [-0.05, 0) is 0 Å². The van der Waals surface area contributed by atoms with Gasteiger partial charge in [0.15, 0.2) is 5.40 Å². The minimum Gasteiger partial charge on any atom is -0.411 e. The molecule has 2 aromatic rings. The van der Waals surface area contributed by atoms with Crippen LogP contribution in [-0.2, 0) is 26.2 Å². The molecule has 0 aliphatic heterocycles. The van der Waals surface area contributed by atoms with Crippen molar-refractivity contribution in [2.75, 3.05) is 0 Å². The normalized spacial score (nSPS) is 12.3. The predicted molar refractivity (Wildman–Crippen MR) is 80.3 cm³/mol. The minimum absolute atomic E-state index is 0. The minimum atomic E-state index is -5.17. The summed E-state index contributed by atoms with van der Waals surface area (Å²) in [6.07, 6.45) is 0. The molecule has 0 fully saturated rings. The number of hydrogen-bond donors (Lipinski definition) is 5. The van der Waals surface area contributed by atoms with Gasteiger partial charge in [0.05, 0.1) is 5.71 Å². The van der Waals surface area contributed by atoms with Gasteiger partial charge >= 0.3 is 32.3 Å². The summed E-state index contributed by atoms with van der Waals surface area (Å²) in [6.45, 7) is 0. The summed E-state index contributed by atoms with van der Waals surface area (Å²) in [7, 11) is -10.3. The zero-order chi connectivity index (χ0) is 16.8. The molecule has 0 saturated carbocycles. The third kappa shape index (κ3) is 6.95. The average Bonchev–Trinajstić information content (AvgIpc) is 3.07. The molecule has 0 amide bonds. The van der Waals surface area contributed by atoms with Gasteiger partial charge in [0.25, 0.3) is 0 Å². The fraction of sp³-hybridized carbons (Fsp3) is 0.0833.